The minimum absolute atomic E-state index is 0.129. The van der Waals surface area contributed by atoms with Gasteiger partial charge in [0.05, 0.1) is 5.56 Å². The van der Waals surface area contributed by atoms with E-state index in [1.54, 1.807) is 12.1 Å². The predicted molar refractivity (Wildman–Crippen MR) is 86.1 cm³/mol. The van der Waals surface area contributed by atoms with Crippen LogP contribution in [0.15, 0.2) is 30.3 Å². The summed E-state index contributed by atoms with van der Waals surface area (Å²) >= 11 is 5.81. The van der Waals surface area contributed by atoms with Gasteiger partial charge in [0.15, 0.2) is 11.0 Å². The lowest BCUT2D eigenvalue weighted by molar-refractivity contribution is 0.1000. The third-order valence-electron chi connectivity index (χ3n) is 4.20. The normalized spacial score (nSPS) is 20.7. The third-order valence-corrected chi connectivity index (χ3v) is 4.38. The third kappa shape index (κ3) is 3.12. The highest BCUT2D eigenvalue weighted by Crippen LogP contribution is 2.35. The molecule has 2 N–H and O–H groups in total. The second-order valence-corrected chi connectivity index (χ2v) is 6.14. The molecule has 2 unspecified atom stereocenters. The van der Waals surface area contributed by atoms with Crippen LogP contribution in [0.1, 0.15) is 35.2 Å². The van der Waals surface area contributed by atoms with Gasteiger partial charge in [-0.25, -0.2) is 4.39 Å². The van der Waals surface area contributed by atoms with E-state index in [9.17, 15) is 9.18 Å². The zero-order chi connectivity index (χ0) is 16.6. The van der Waals surface area contributed by atoms with Gasteiger partial charge >= 0.3 is 0 Å². The number of nitrogens with zero attached hydrogens (tertiary/aromatic N) is 3. The fourth-order valence-corrected chi connectivity index (χ4v) is 3.20. The van der Waals surface area contributed by atoms with Crippen LogP contribution in [0.3, 0.4) is 0 Å². The monoisotopic (exact) mass is 334 g/mol. The molecule has 0 saturated carbocycles. The Morgan fingerprint density at radius 2 is 2.04 bits per heavy atom. The highest BCUT2D eigenvalue weighted by molar-refractivity contribution is 6.29. The zero-order valence-corrected chi connectivity index (χ0v) is 13.3. The van der Waals surface area contributed by atoms with Crippen LogP contribution in [0.5, 0.6) is 0 Å². The molecule has 7 heteroatoms. The molecule has 1 fully saturated rings. The molecule has 2 heterocycles. The van der Waals surface area contributed by atoms with E-state index >= 15 is 0 Å². The SMILES string of the molecule is CC1CC(c2ccc(F)cc2)CN1c1nnc(Cl)cc1C(N)=O. The van der Waals surface area contributed by atoms with Crippen molar-refractivity contribution in [3.8, 4) is 0 Å². The van der Waals surface area contributed by atoms with Crippen molar-refractivity contribution >= 4 is 23.3 Å². The summed E-state index contributed by atoms with van der Waals surface area (Å²) in [6, 6.07) is 8.08. The van der Waals surface area contributed by atoms with Crippen molar-refractivity contribution in [2.24, 2.45) is 5.73 Å². The molecule has 0 radical (unpaired) electrons. The lowest BCUT2D eigenvalue weighted by Gasteiger charge is -2.23. The number of hydrogen-bond donors (Lipinski definition) is 1. The number of amides is 1. The summed E-state index contributed by atoms with van der Waals surface area (Å²) in [5.74, 6) is -0.173. The van der Waals surface area contributed by atoms with Crippen molar-refractivity contribution in [2.45, 2.75) is 25.3 Å². The molecule has 1 amide bonds. The summed E-state index contributed by atoms with van der Waals surface area (Å²) in [4.78, 5) is 13.7. The Morgan fingerprint density at radius 1 is 1.35 bits per heavy atom. The van der Waals surface area contributed by atoms with Crippen LogP contribution in [-0.2, 0) is 0 Å². The number of nitrogens with two attached hydrogens (primary N) is 1. The first-order valence-corrected chi connectivity index (χ1v) is 7.68. The van der Waals surface area contributed by atoms with Gasteiger partial charge in [-0.15, -0.1) is 10.2 Å². The zero-order valence-electron chi connectivity index (χ0n) is 12.5. The fourth-order valence-electron chi connectivity index (χ4n) is 3.06. The van der Waals surface area contributed by atoms with Gasteiger partial charge in [0, 0.05) is 18.5 Å². The number of benzene rings is 1. The van der Waals surface area contributed by atoms with Crippen LogP contribution in [0.25, 0.3) is 0 Å². The second-order valence-electron chi connectivity index (χ2n) is 5.75. The molecule has 1 aromatic carbocycles. The summed E-state index contributed by atoms with van der Waals surface area (Å²) in [5, 5.41) is 8.01. The Morgan fingerprint density at radius 3 is 2.70 bits per heavy atom. The Labute approximate surface area is 138 Å². The molecule has 1 aromatic heterocycles. The molecule has 1 saturated heterocycles. The topological polar surface area (TPSA) is 72.1 Å². The first-order valence-electron chi connectivity index (χ1n) is 7.31. The molecule has 1 aliphatic heterocycles. The lowest BCUT2D eigenvalue weighted by atomic mass is 9.97. The smallest absolute Gasteiger partial charge is 0.252 e. The Kier molecular flexibility index (Phi) is 4.17. The van der Waals surface area contributed by atoms with Gasteiger partial charge in [-0.1, -0.05) is 23.7 Å². The molecule has 120 valence electrons. The van der Waals surface area contributed by atoms with Crippen molar-refractivity contribution in [2.75, 3.05) is 11.4 Å². The van der Waals surface area contributed by atoms with Crippen molar-refractivity contribution < 1.29 is 9.18 Å². The van der Waals surface area contributed by atoms with Gasteiger partial charge in [0.25, 0.3) is 5.91 Å². The Balaban J connectivity index is 1.90. The van der Waals surface area contributed by atoms with Crippen LogP contribution in [0.4, 0.5) is 10.2 Å². The molecular weight excluding hydrogens is 319 g/mol. The number of rotatable bonds is 3. The van der Waals surface area contributed by atoms with Crippen LogP contribution in [0, 0.1) is 5.82 Å². The van der Waals surface area contributed by atoms with E-state index in [0.717, 1.165) is 12.0 Å². The van der Waals surface area contributed by atoms with E-state index in [-0.39, 0.29) is 28.5 Å². The minimum Gasteiger partial charge on any atom is -0.365 e. The number of anilines is 1. The molecule has 1 aliphatic rings. The maximum absolute atomic E-state index is 13.1. The number of carbonyl (C=O) groups excluding carboxylic acids is 1. The first-order chi connectivity index (χ1) is 11.0. The van der Waals surface area contributed by atoms with E-state index in [0.29, 0.717) is 12.4 Å². The fraction of sp³-hybridized carbons (Fsp3) is 0.312. The molecule has 2 atom stereocenters. The van der Waals surface area contributed by atoms with Crippen LogP contribution < -0.4 is 10.6 Å². The van der Waals surface area contributed by atoms with Gasteiger partial charge in [0.1, 0.15) is 5.82 Å². The molecular formula is C16H16ClFN4O. The Hall–Kier alpha value is -2.21. The predicted octanol–water partition coefficient (Wildman–Crippen LogP) is 2.75. The largest absolute Gasteiger partial charge is 0.365 e. The maximum atomic E-state index is 13.1. The highest BCUT2D eigenvalue weighted by atomic mass is 35.5. The number of primary amides is 1. The molecule has 0 bridgehead atoms. The molecule has 23 heavy (non-hydrogen) atoms. The van der Waals surface area contributed by atoms with Gasteiger partial charge in [-0.2, -0.15) is 0 Å². The van der Waals surface area contributed by atoms with E-state index in [4.69, 9.17) is 17.3 Å². The lowest BCUT2D eigenvalue weighted by Crippen LogP contribution is -2.30. The summed E-state index contributed by atoms with van der Waals surface area (Å²) in [7, 11) is 0. The summed E-state index contributed by atoms with van der Waals surface area (Å²) in [6.07, 6.45) is 0.869. The number of halogens is 2. The molecule has 3 rings (SSSR count). The van der Waals surface area contributed by atoms with Crippen LogP contribution in [-0.4, -0.2) is 28.7 Å². The van der Waals surface area contributed by atoms with Gasteiger partial charge < -0.3 is 10.6 Å². The Bertz CT molecular complexity index is 737. The first kappa shape index (κ1) is 15.7. The number of carbonyl (C=O) groups is 1. The van der Waals surface area contributed by atoms with Crippen molar-refractivity contribution in [3.63, 3.8) is 0 Å². The van der Waals surface area contributed by atoms with Crippen molar-refractivity contribution in [3.05, 3.63) is 52.4 Å². The average molecular weight is 335 g/mol. The van der Waals surface area contributed by atoms with Crippen molar-refractivity contribution in [1.82, 2.24) is 10.2 Å². The quantitative estimate of drug-likeness (QED) is 0.936. The number of aromatic nitrogens is 2. The van der Waals surface area contributed by atoms with Gasteiger partial charge in [-0.3, -0.25) is 4.79 Å². The minimum atomic E-state index is -0.589. The van der Waals surface area contributed by atoms with Crippen LogP contribution >= 0.6 is 11.6 Å². The van der Waals surface area contributed by atoms with E-state index < -0.39 is 5.91 Å². The van der Waals surface area contributed by atoms with Crippen molar-refractivity contribution in [1.29, 1.82) is 0 Å². The summed E-state index contributed by atoms with van der Waals surface area (Å²) in [5.41, 5.74) is 6.74. The molecule has 0 spiro atoms. The summed E-state index contributed by atoms with van der Waals surface area (Å²) < 4.78 is 13.1. The van der Waals surface area contributed by atoms with Gasteiger partial charge in [0.2, 0.25) is 0 Å². The molecule has 0 aliphatic carbocycles. The van der Waals surface area contributed by atoms with E-state index in [1.165, 1.54) is 18.2 Å². The standard InChI is InChI=1S/C16H16ClFN4O/c1-9-6-11(10-2-4-12(18)5-3-10)8-22(9)16-13(15(19)23)7-14(17)20-21-16/h2-5,7,9,11H,6,8H2,1H3,(H2,19,23). The maximum Gasteiger partial charge on any atom is 0.252 e. The van der Waals surface area contributed by atoms with E-state index in [2.05, 4.69) is 10.2 Å². The average Bonchev–Trinajstić information content (AvgIpc) is 2.89. The second kappa shape index (κ2) is 6.12. The summed E-state index contributed by atoms with van der Waals surface area (Å²) in [6.45, 7) is 2.70. The number of hydrogen-bond acceptors (Lipinski definition) is 4. The van der Waals surface area contributed by atoms with E-state index in [1.807, 2.05) is 11.8 Å². The van der Waals surface area contributed by atoms with Crippen LogP contribution in [0.2, 0.25) is 5.15 Å². The van der Waals surface area contributed by atoms with Gasteiger partial charge in [-0.05, 0) is 37.1 Å². The molecule has 5 nitrogen and oxygen atoms in total. The molecule has 2 aromatic rings. The highest BCUT2D eigenvalue weighted by Gasteiger charge is 2.33.